The summed E-state index contributed by atoms with van der Waals surface area (Å²) in [5.41, 5.74) is -0.614. The van der Waals surface area contributed by atoms with Gasteiger partial charge in [-0.1, -0.05) is 42.5 Å². The Morgan fingerprint density at radius 2 is 1.52 bits per heavy atom. The van der Waals surface area contributed by atoms with Crippen molar-refractivity contribution < 1.29 is 24.2 Å². The van der Waals surface area contributed by atoms with Crippen LogP contribution in [0.1, 0.15) is 30.9 Å². The molecule has 3 aromatic carbocycles. The van der Waals surface area contributed by atoms with Crippen molar-refractivity contribution in [2.75, 3.05) is 19.1 Å². The number of aromatic nitrogens is 3. The number of methoxy groups -OCH3 is 2. The van der Waals surface area contributed by atoms with Gasteiger partial charge >= 0.3 is 11.4 Å². The highest BCUT2D eigenvalue weighted by atomic mass is 16.5. The minimum atomic E-state index is -1.36. The molecule has 2 aliphatic heterocycles. The number of ether oxygens (including phenoxy) is 2. The third kappa shape index (κ3) is 3.61. The van der Waals surface area contributed by atoms with Crippen LogP contribution in [0.25, 0.3) is 5.69 Å². The van der Waals surface area contributed by atoms with Gasteiger partial charge in [-0.25, -0.2) is 28.4 Å². The standard InChI is InChI=1S/C33H30N4O7/c1-33-23(29(39)35(30(33)40)19-10-6-4-7-11-19)18-24-22(28(33)27-25(38)16-21(43-2)17-26(27)44-3)14-15-34-31(41)36(32(42)37(24)34)20-12-8-5-9-13-20/h4-14,16-17,23-24,28,38H,15,18H2,1-3H3/t23-,24+,28+,33+/m0/s1. The van der Waals surface area contributed by atoms with Gasteiger partial charge in [0.15, 0.2) is 0 Å². The number of hydrogen-bond donors (Lipinski definition) is 1. The summed E-state index contributed by atoms with van der Waals surface area (Å²) in [6.07, 6.45) is 1.93. The average molecular weight is 595 g/mol. The quantitative estimate of drug-likeness (QED) is 0.277. The van der Waals surface area contributed by atoms with E-state index in [1.807, 2.05) is 6.08 Å². The summed E-state index contributed by atoms with van der Waals surface area (Å²) in [6.45, 7) is 1.80. The third-order valence-electron chi connectivity index (χ3n) is 9.40. The third-order valence-corrected chi connectivity index (χ3v) is 9.40. The lowest BCUT2D eigenvalue weighted by Crippen LogP contribution is -2.49. The number of fused-ring (bicyclic) bond motifs is 4. The summed E-state index contributed by atoms with van der Waals surface area (Å²) in [4.78, 5) is 57.6. The maximum Gasteiger partial charge on any atom is 0.352 e. The predicted octanol–water partition coefficient (Wildman–Crippen LogP) is 3.39. The minimum absolute atomic E-state index is 0.0563. The molecule has 3 heterocycles. The van der Waals surface area contributed by atoms with Gasteiger partial charge in [0, 0.05) is 23.6 Å². The number of allylic oxidation sites excluding steroid dienone is 2. The van der Waals surface area contributed by atoms with Crippen LogP contribution < -0.4 is 25.8 Å². The fourth-order valence-corrected chi connectivity index (χ4v) is 7.37. The average Bonchev–Trinajstić information content (AvgIpc) is 3.41. The van der Waals surface area contributed by atoms with Gasteiger partial charge < -0.3 is 14.6 Å². The molecule has 11 nitrogen and oxygen atoms in total. The molecule has 0 spiro atoms. The maximum absolute atomic E-state index is 14.5. The minimum Gasteiger partial charge on any atom is -0.507 e. The predicted molar refractivity (Wildman–Crippen MR) is 161 cm³/mol. The van der Waals surface area contributed by atoms with Crippen molar-refractivity contribution in [1.82, 2.24) is 13.9 Å². The lowest BCUT2D eigenvalue weighted by molar-refractivity contribution is -0.129. The highest BCUT2D eigenvalue weighted by Crippen LogP contribution is 2.63. The molecule has 0 unspecified atom stereocenters. The van der Waals surface area contributed by atoms with Crippen molar-refractivity contribution >= 4 is 17.5 Å². The molecular formula is C33H30N4O7. The molecule has 0 bridgehead atoms. The molecule has 7 rings (SSSR count). The number of hydrogen-bond acceptors (Lipinski definition) is 7. The zero-order chi connectivity index (χ0) is 30.9. The Hall–Kier alpha value is -5.32. The van der Waals surface area contributed by atoms with E-state index in [1.165, 1.54) is 34.5 Å². The Bertz CT molecular complexity index is 1970. The number of amides is 2. The van der Waals surface area contributed by atoms with E-state index in [0.717, 1.165) is 4.57 Å². The van der Waals surface area contributed by atoms with Gasteiger partial charge in [0.1, 0.15) is 17.2 Å². The van der Waals surface area contributed by atoms with E-state index >= 15 is 0 Å². The molecule has 11 heteroatoms. The lowest BCUT2D eigenvalue weighted by Gasteiger charge is -2.47. The Morgan fingerprint density at radius 1 is 0.864 bits per heavy atom. The van der Waals surface area contributed by atoms with Crippen molar-refractivity contribution in [3.05, 3.63) is 111 Å². The topological polar surface area (TPSA) is 125 Å². The first kappa shape index (κ1) is 27.5. The summed E-state index contributed by atoms with van der Waals surface area (Å²) in [6, 6.07) is 19.7. The molecule has 1 N–H and O–H groups in total. The molecule has 1 saturated heterocycles. The second kappa shape index (κ2) is 9.87. The normalized spacial score (nSPS) is 23.9. The van der Waals surface area contributed by atoms with Crippen molar-refractivity contribution in [1.29, 1.82) is 0 Å². The van der Waals surface area contributed by atoms with Crippen molar-refractivity contribution in [3.63, 3.8) is 0 Å². The van der Waals surface area contributed by atoms with Crippen LogP contribution in [0, 0.1) is 11.3 Å². The van der Waals surface area contributed by atoms with Crippen LogP contribution >= 0.6 is 0 Å². The fourth-order valence-electron chi connectivity index (χ4n) is 7.37. The molecule has 3 aliphatic rings. The number of imide groups is 1. The van der Waals surface area contributed by atoms with Crippen LogP contribution in [0.15, 0.2) is 94.0 Å². The van der Waals surface area contributed by atoms with E-state index < -0.39 is 46.5 Å². The van der Waals surface area contributed by atoms with E-state index in [1.54, 1.807) is 73.7 Å². The van der Waals surface area contributed by atoms with E-state index in [0.29, 0.717) is 28.3 Å². The molecule has 2 fully saturated rings. The number of phenols is 1. The molecule has 0 radical (unpaired) electrons. The Morgan fingerprint density at radius 3 is 2.16 bits per heavy atom. The summed E-state index contributed by atoms with van der Waals surface area (Å²) < 4.78 is 15.0. The van der Waals surface area contributed by atoms with Crippen LogP contribution in [0.3, 0.4) is 0 Å². The first-order chi connectivity index (χ1) is 21.2. The molecule has 1 aliphatic carbocycles. The summed E-state index contributed by atoms with van der Waals surface area (Å²) in [5, 5.41) is 11.5. The van der Waals surface area contributed by atoms with Gasteiger partial charge in [0.25, 0.3) is 0 Å². The number of phenolic OH excluding ortho intramolecular Hbond substituents is 1. The number of rotatable bonds is 5. The molecule has 4 aromatic rings. The van der Waals surface area contributed by atoms with Gasteiger partial charge in [0.2, 0.25) is 11.8 Å². The number of nitrogens with zero attached hydrogens (tertiary/aromatic N) is 4. The van der Waals surface area contributed by atoms with Gasteiger partial charge in [-0.2, -0.15) is 0 Å². The van der Waals surface area contributed by atoms with Gasteiger partial charge in [-0.3, -0.25) is 9.59 Å². The van der Waals surface area contributed by atoms with E-state index in [4.69, 9.17) is 9.47 Å². The van der Waals surface area contributed by atoms with E-state index in [2.05, 4.69) is 0 Å². The zero-order valence-corrected chi connectivity index (χ0v) is 24.3. The molecule has 4 atom stereocenters. The Labute approximate surface area is 251 Å². The fraction of sp³-hybridized carbons (Fsp3) is 0.273. The van der Waals surface area contributed by atoms with Crippen molar-refractivity contribution in [2.45, 2.75) is 31.8 Å². The van der Waals surface area contributed by atoms with Crippen LogP contribution in [0.4, 0.5) is 5.69 Å². The molecule has 1 aromatic heterocycles. The molecule has 224 valence electrons. The van der Waals surface area contributed by atoms with Gasteiger partial charge in [-0.15, -0.1) is 0 Å². The Kier molecular flexibility index (Phi) is 6.17. The summed E-state index contributed by atoms with van der Waals surface area (Å²) >= 11 is 0. The lowest BCUT2D eigenvalue weighted by atomic mass is 9.56. The molecule has 44 heavy (non-hydrogen) atoms. The number of anilines is 1. The monoisotopic (exact) mass is 594 g/mol. The zero-order valence-electron chi connectivity index (χ0n) is 24.3. The summed E-state index contributed by atoms with van der Waals surface area (Å²) in [7, 11) is 2.92. The van der Waals surface area contributed by atoms with Crippen LogP contribution in [0.5, 0.6) is 17.2 Å². The second-order valence-electron chi connectivity index (χ2n) is 11.5. The van der Waals surface area contributed by atoms with Crippen LogP contribution in [0.2, 0.25) is 0 Å². The molecule has 1 saturated carbocycles. The SMILES string of the molecule is COc1cc(O)c([C@H]2C3=CCn4c(=O)n(-c5ccccc5)c(=O)n4[C@@H]3C[C@H]3C(=O)N(c4ccccc4)C(=O)[C@@]23C)c(OC)c1. The van der Waals surface area contributed by atoms with Crippen molar-refractivity contribution in [3.8, 4) is 22.9 Å². The highest BCUT2D eigenvalue weighted by Gasteiger charge is 2.66. The number of para-hydroxylation sites is 2. The number of carbonyl (C=O) groups excluding carboxylic acids is 2. The van der Waals surface area contributed by atoms with Gasteiger partial charge in [-0.05, 0) is 43.2 Å². The van der Waals surface area contributed by atoms with E-state index in [9.17, 15) is 24.3 Å². The van der Waals surface area contributed by atoms with Gasteiger partial charge in [0.05, 0.1) is 49.5 Å². The molecule has 2 amide bonds. The number of carbonyl (C=O) groups is 2. The van der Waals surface area contributed by atoms with Crippen LogP contribution in [-0.4, -0.2) is 45.1 Å². The first-order valence-electron chi connectivity index (χ1n) is 14.3. The van der Waals surface area contributed by atoms with Crippen molar-refractivity contribution in [2.24, 2.45) is 11.3 Å². The number of aromatic hydroxyl groups is 1. The number of benzene rings is 3. The van der Waals surface area contributed by atoms with E-state index in [-0.39, 0.29) is 24.5 Å². The first-order valence-corrected chi connectivity index (χ1v) is 14.3. The Balaban J connectivity index is 1.48. The van der Waals surface area contributed by atoms with Crippen LogP contribution in [-0.2, 0) is 16.1 Å². The second-order valence-corrected chi connectivity index (χ2v) is 11.5. The molecular weight excluding hydrogens is 564 g/mol. The summed E-state index contributed by atoms with van der Waals surface area (Å²) in [5.74, 6) is -2.16. The highest BCUT2D eigenvalue weighted by molar-refractivity contribution is 6.24. The largest absolute Gasteiger partial charge is 0.507 e. The smallest absolute Gasteiger partial charge is 0.352 e. The maximum atomic E-state index is 14.5.